The molecule has 0 heterocycles. The van der Waals surface area contributed by atoms with E-state index in [2.05, 4.69) is 6.92 Å². The van der Waals surface area contributed by atoms with Gasteiger partial charge in [-0.25, -0.2) is 8.42 Å². The van der Waals surface area contributed by atoms with Gasteiger partial charge in [0.1, 0.15) is 0 Å². The normalized spacial score (nSPS) is 13.3. The van der Waals surface area contributed by atoms with Gasteiger partial charge >= 0.3 is 0 Å². The van der Waals surface area contributed by atoms with Crippen LogP contribution in [0.2, 0.25) is 0 Å². The van der Waals surface area contributed by atoms with E-state index in [0.717, 1.165) is 6.42 Å². The first kappa shape index (κ1) is 15.0. The molecule has 0 aliphatic heterocycles. The van der Waals surface area contributed by atoms with Gasteiger partial charge in [0.2, 0.25) is 10.0 Å². The summed E-state index contributed by atoms with van der Waals surface area (Å²) in [5.74, 6) is 0. The molecule has 4 nitrogen and oxygen atoms in total. The smallest absolute Gasteiger partial charge is 0.239 e. The van der Waals surface area contributed by atoms with Gasteiger partial charge in [-0.2, -0.15) is 0 Å². The lowest BCUT2D eigenvalue weighted by atomic mass is 10.1. The Morgan fingerprint density at radius 1 is 1.22 bits per heavy atom. The number of aryl methyl sites for hydroxylation is 1. The molecule has 0 aliphatic carbocycles. The molecule has 0 radical (unpaired) electrons. The van der Waals surface area contributed by atoms with Crippen molar-refractivity contribution in [3.05, 3.63) is 29.8 Å². The van der Waals surface area contributed by atoms with E-state index in [-0.39, 0.29) is 6.54 Å². The quantitative estimate of drug-likeness (QED) is 0.856. The summed E-state index contributed by atoms with van der Waals surface area (Å²) in [6, 6.07) is 7.56. The van der Waals surface area contributed by atoms with Crippen LogP contribution in [0, 0.1) is 0 Å². The van der Waals surface area contributed by atoms with Crippen molar-refractivity contribution in [2.75, 3.05) is 17.9 Å². The molecule has 2 N–H and O–H groups in total. The van der Waals surface area contributed by atoms with Gasteiger partial charge in [0.15, 0.2) is 0 Å². The maximum Gasteiger partial charge on any atom is 0.239 e. The van der Waals surface area contributed by atoms with Crippen molar-refractivity contribution < 1.29 is 8.42 Å². The van der Waals surface area contributed by atoms with Crippen LogP contribution < -0.4 is 10.0 Å². The van der Waals surface area contributed by atoms with Gasteiger partial charge in [-0.3, -0.25) is 4.31 Å². The fourth-order valence-corrected chi connectivity index (χ4v) is 3.34. The molecule has 1 atom stereocenters. The van der Waals surface area contributed by atoms with E-state index in [1.807, 2.05) is 31.2 Å². The van der Waals surface area contributed by atoms with Gasteiger partial charge < -0.3 is 5.73 Å². The Bertz CT molecular complexity index is 464. The molecule has 0 aromatic heterocycles. The molecule has 18 heavy (non-hydrogen) atoms. The average Bonchev–Trinajstić information content (AvgIpc) is 2.39. The number of nitrogens with zero attached hydrogens (tertiary/aromatic N) is 1. The third-order valence-electron chi connectivity index (χ3n) is 3.23. The van der Waals surface area contributed by atoms with Crippen LogP contribution in [0.25, 0.3) is 0 Å². The van der Waals surface area contributed by atoms with Crippen LogP contribution in [-0.4, -0.2) is 27.3 Å². The first-order chi connectivity index (χ1) is 8.47. The molecular weight excluding hydrogens is 248 g/mol. The zero-order valence-electron chi connectivity index (χ0n) is 11.3. The van der Waals surface area contributed by atoms with Crippen LogP contribution in [0.3, 0.4) is 0 Å². The highest BCUT2D eigenvalue weighted by molar-refractivity contribution is 7.93. The summed E-state index contributed by atoms with van der Waals surface area (Å²) >= 11 is 0. The van der Waals surface area contributed by atoms with Crippen LogP contribution in [0.4, 0.5) is 5.69 Å². The molecule has 102 valence electrons. The van der Waals surface area contributed by atoms with Gasteiger partial charge in [-0.15, -0.1) is 0 Å². The summed E-state index contributed by atoms with van der Waals surface area (Å²) in [7, 11) is -1.79. The molecule has 0 amide bonds. The molecule has 0 saturated heterocycles. The summed E-state index contributed by atoms with van der Waals surface area (Å²) in [6.07, 6.45) is 1.47. The van der Waals surface area contributed by atoms with Crippen LogP contribution in [0.1, 0.15) is 25.8 Å². The van der Waals surface area contributed by atoms with Gasteiger partial charge in [0, 0.05) is 13.6 Å². The van der Waals surface area contributed by atoms with E-state index in [1.54, 1.807) is 7.05 Å². The maximum atomic E-state index is 12.3. The average molecular weight is 270 g/mol. The highest BCUT2D eigenvalue weighted by Gasteiger charge is 2.27. The summed E-state index contributed by atoms with van der Waals surface area (Å²) in [6.45, 7) is 4.05. The Morgan fingerprint density at radius 3 is 2.17 bits per heavy atom. The summed E-state index contributed by atoms with van der Waals surface area (Å²) in [5, 5.41) is -0.520. The molecule has 0 aliphatic rings. The third-order valence-corrected chi connectivity index (χ3v) is 5.57. The predicted molar refractivity (Wildman–Crippen MR) is 76.3 cm³/mol. The van der Waals surface area contributed by atoms with E-state index in [4.69, 9.17) is 5.73 Å². The zero-order chi connectivity index (χ0) is 13.8. The van der Waals surface area contributed by atoms with Gasteiger partial charge in [0.05, 0.1) is 10.9 Å². The highest BCUT2D eigenvalue weighted by Crippen LogP contribution is 2.20. The number of benzene rings is 1. The second-order valence-electron chi connectivity index (χ2n) is 4.30. The Balaban J connectivity index is 3.01. The van der Waals surface area contributed by atoms with E-state index in [1.165, 1.54) is 9.87 Å². The highest BCUT2D eigenvalue weighted by atomic mass is 32.2. The molecule has 1 unspecified atom stereocenters. The lowest BCUT2D eigenvalue weighted by molar-refractivity contribution is 0.574. The number of sulfonamides is 1. The molecule has 1 aromatic rings. The van der Waals surface area contributed by atoms with Crippen LogP contribution in [0.5, 0.6) is 0 Å². The van der Waals surface area contributed by atoms with Crippen molar-refractivity contribution in [1.82, 2.24) is 0 Å². The summed E-state index contributed by atoms with van der Waals surface area (Å²) < 4.78 is 25.9. The first-order valence-electron chi connectivity index (χ1n) is 6.24. The maximum absolute atomic E-state index is 12.3. The number of anilines is 1. The van der Waals surface area contributed by atoms with Gasteiger partial charge in [-0.05, 0) is 30.5 Å². The van der Waals surface area contributed by atoms with Crippen LogP contribution >= 0.6 is 0 Å². The molecule has 5 heteroatoms. The van der Waals surface area contributed by atoms with E-state index < -0.39 is 15.3 Å². The Labute approximate surface area is 110 Å². The fourth-order valence-electron chi connectivity index (χ4n) is 1.81. The standard InChI is InChI=1S/C13H22N2O2S/c1-4-11-6-8-12(9-7-11)15(3)18(16,17)13(5-2)10-14/h6-9,13H,4-5,10,14H2,1-3H3. The zero-order valence-corrected chi connectivity index (χ0v) is 12.1. The number of nitrogens with two attached hydrogens (primary N) is 1. The predicted octanol–water partition coefficient (Wildman–Crippen LogP) is 1.75. The molecule has 0 spiro atoms. The van der Waals surface area contributed by atoms with Crippen molar-refractivity contribution in [2.24, 2.45) is 5.73 Å². The Morgan fingerprint density at radius 2 is 1.78 bits per heavy atom. The lowest BCUT2D eigenvalue weighted by Gasteiger charge is -2.24. The largest absolute Gasteiger partial charge is 0.329 e. The fraction of sp³-hybridized carbons (Fsp3) is 0.538. The van der Waals surface area contributed by atoms with E-state index >= 15 is 0 Å². The molecule has 0 fully saturated rings. The van der Waals surface area contributed by atoms with E-state index in [9.17, 15) is 8.42 Å². The van der Waals surface area contributed by atoms with Gasteiger partial charge in [-0.1, -0.05) is 26.0 Å². The van der Waals surface area contributed by atoms with Crippen LogP contribution in [-0.2, 0) is 16.4 Å². The minimum atomic E-state index is -3.37. The van der Waals surface area contributed by atoms with E-state index in [0.29, 0.717) is 12.1 Å². The monoisotopic (exact) mass is 270 g/mol. The lowest BCUT2D eigenvalue weighted by Crippen LogP contribution is -2.40. The van der Waals surface area contributed by atoms with Crippen molar-refractivity contribution in [3.8, 4) is 0 Å². The molecule has 0 saturated carbocycles. The Hall–Kier alpha value is -1.07. The van der Waals surface area contributed by atoms with Crippen molar-refractivity contribution in [2.45, 2.75) is 31.9 Å². The Kier molecular flexibility index (Phi) is 5.16. The van der Waals surface area contributed by atoms with Crippen LogP contribution in [0.15, 0.2) is 24.3 Å². The number of hydrogen-bond donors (Lipinski definition) is 1. The number of hydrogen-bond acceptors (Lipinski definition) is 3. The molecule has 1 rings (SSSR count). The summed E-state index contributed by atoms with van der Waals surface area (Å²) in [4.78, 5) is 0. The number of rotatable bonds is 6. The molecular formula is C13H22N2O2S. The summed E-state index contributed by atoms with van der Waals surface area (Å²) in [5.41, 5.74) is 7.40. The van der Waals surface area contributed by atoms with Crippen molar-refractivity contribution in [3.63, 3.8) is 0 Å². The minimum absolute atomic E-state index is 0.149. The SMILES string of the molecule is CCc1ccc(N(C)S(=O)(=O)C(CC)CN)cc1. The second kappa shape index (κ2) is 6.20. The molecule has 0 bridgehead atoms. The van der Waals surface area contributed by atoms with Gasteiger partial charge in [0.25, 0.3) is 0 Å². The van der Waals surface area contributed by atoms with Crippen molar-refractivity contribution >= 4 is 15.7 Å². The van der Waals surface area contributed by atoms with Crippen molar-refractivity contribution in [1.29, 1.82) is 0 Å². The first-order valence-corrected chi connectivity index (χ1v) is 7.74. The minimum Gasteiger partial charge on any atom is -0.329 e. The second-order valence-corrected chi connectivity index (χ2v) is 6.54. The third kappa shape index (κ3) is 3.03. The topological polar surface area (TPSA) is 63.4 Å². The molecule has 1 aromatic carbocycles.